The van der Waals surface area contributed by atoms with E-state index in [-0.39, 0.29) is 0 Å². The molecule has 1 aliphatic rings. The highest BCUT2D eigenvalue weighted by Crippen LogP contribution is 2.31. The third-order valence-corrected chi connectivity index (χ3v) is 3.35. The molecule has 100 valence electrons. The van der Waals surface area contributed by atoms with Gasteiger partial charge in [0.2, 0.25) is 11.8 Å². The number of rotatable bonds is 4. The lowest BCUT2D eigenvalue weighted by molar-refractivity contribution is -0.144. The van der Waals surface area contributed by atoms with Crippen LogP contribution in [0, 0.1) is 5.41 Å². The van der Waals surface area contributed by atoms with E-state index in [2.05, 4.69) is 10.6 Å². The fourth-order valence-corrected chi connectivity index (χ4v) is 2.43. The van der Waals surface area contributed by atoms with Crippen molar-refractivity contribution in [1.82, 2.24) is 10.6 Å². The molecule has 0 aromatic heterocycles. The predicted molar refractivity (Wildman–Crippen MR) is 69.2 cm³/mol. The van der Waals surface area contributed by atoms with E-state index in [9.17, 15) is 14.4 Å². The molecule has 0 radical (unpaired) electrons. The number of amides is 4. The van der Waals surface area contributed by atoms with E-state index in [0.717, 1.165) is 5.56 Å². The van der Waals surface area contributed by atoms with Crippen molar-refractivity contribution in [3.63, 3.8) is 0 Å². The molecule has 0 spiro atoms. The summed E-state index contributed by atoms with van der Waals surface area (Å²) in [6.45, 7) is 1.91. The zero-order valence-corrected chi connectivity index (χ0v) is 10.7. The van der Waals surface area contributed by atoms with Gasteiger partial charge in [0, 0.05) is 0 Å². The topological polar surface area (TPSA) is 75.3 Å². The molecule has 1 fully saturated rings. The average molecular weight is 260 g/mol. The van der Waals surface area contributed by atoms with Crippen LogP contribution in [0.25, 0.3) is 0 Å². The SMILES string of the molecule is CCCC1(Cc2ccccc2)C(=O)NC(=O)NC1=O. The highest BCUT2D eigenvalue weighted by molar-refractivity contribution is 6.19. The van der Waals surface area contributed by atoms with Gasteiger partial charge in [-0.3, -0.25) is 20.2 Å². The fraction of sp³-hybridized carbons (Fsp3) is 0.357. The molecule has 4 amide bonds. The summed E-state index contributed by atoms with van der Waals surface area (Å²) in [6, 6.07) is 8.59. The molecular weight excluding hydrogens is 244 g/mol. The van der Waals surface area contributed by atoms with E-state index in [1.165, 1.54) is 0 Å². The zero-order chi connectivity index (χ0) is 13.9. The highest BCUT2D eigenvalue weighted by Gasteiger charge is 2.49. The second-order valence-corrected chi connectivity index (χ2v) is 4.73. The van der Waals surface area contributed by atoms with Gasteiger partial charge in [0.1, 0.15) is 5.41 Å². The van der Waals surface area contributed by atoms with E-state index in [1.54, 1.807) is 0 Å². The monoisotopic (exact) mass is 260 g/mol. The molecule has 0 aliphatic carbocycles. The normalized spacial score (nSPS) is 17.8. The summed E-state index contributed by atoms with van der Waals surface area (Å²) in [7, 11) is 0. The van der Waals surface area contributed by atoms with Crippen LogP contribution in [0.15, 0.2) is 30.3 Å². The number of barbiturate groups is 1. The van der Waals surface area contributed by atoms with Gasteiger partial charge in [-0.05, 0) is 18.4 Å². The Balaban J connectivity index is 2.34. The van der Waals surface area contributed by atoms with Crippen molar-refractivity contribution in [1.29, 1.82) is 0 Å². The Labute approximate surface area is 111 Å². The lowest BCUT2D eigenvalue weighted by atomic mass is 9.75. The number of imide groups is 2. The Kier molecular flexibility index (Phi) is 3.64. The largest absolute Gasteiger partial charge is 0.328 e. The van der Waals surface area contributed by atoms with Crippen LogP contribution in [-0.2, 0) is 16.0 Å². The van der Waals surface area contributed by atoms with Gasteiger partial charge in [0.25, 0.3) is 0 Å². The van der Waals surface area contributed by atoms with Crippen LogP contribution in [0.3, 0.4) is 0 Å². The van der Waals surface area contributed by atoms with Crippen LogP contribution in [0.5, 0.6) is 0 Å². The van der Waals surface area contributed by atoms with Crippen molar-refractivity contribution in [2.45, 2.75) is 26.2 Å². The maximum absolute atomic E-state index is 12.1. The summed E-state index contributed by atoms with van der Waals surface area (Å²) in [6.07, 6.45) is 1.39. The summed E-state index contributed by atoms with van der Waals surface area (Å²) in [5.74, 6) is -1.01. The fourth-order valence-electron chi connectivity index (χ4n) is 2.43. The number of urea groups is 1. The number of hydrogen-bond donors (Lipinski definition) is 2. The van der Waals surface area contributed by atoms with Crippen LogP contribution in [0.1, 0.15) is 25.3 Å². The molecule has 0 atom stereocenters. The Morgan fingerprint density at radius 1 is 1.00 bits per heavy atom. The smallest absolute Gasteiger partial charge is 0.277 e. The number of carbonyl (C=O) groups excluding carboxylic acids is 3. The molecule has 2 N–H and O–H groups in total. The predicted octanol–water partition coefficient (Wildman–Crippen LogP) is 1.38. The van der Waals surface area contributed by atoms with Gasteiger partial charge in [-0.1, -0.05) is 43.7 Å². The molecular formula is C14H16N2O3. The minimum atomic E-state index is -1.19. The lowest BCUT2D eigenvalue weighted by Crippen LogP contribution is -2.63. The summed E-state index contributed by atoms with van der Waals surface area (Å²) in [5, 5.41) is 4.39. The van der Waals surface area contributed by atoms with Gasteiger partial charge in [-0.2, -0.15) is 0 Å². The zero-order valence-electron chi connectivity index (χ0n) is 10.7. The van der Waals surface area contributed by atoms with Crippen molar-refractivity contribution in [2.75, 3.05) is 0 Å². The summed E-state index contributed by atoms with van der Waals surface area (Å²) < 4.78 is 0. The molecule has 1 heterocycles. The summed E-state index contributed by atoms with van der Waals surface area (Å²) in [4.78, 5) is 35.4. The average Bonchev–Trinajstić information content (AvgIpc) is 2.37. The molecule has 19 heavy (non-hydrogen) atoms. The van der Waals surface area contributed by atoms with Crippen LogP contribution < -0.4 is 10.6 Å². The Bertz CT molecular complexity index is 491. The van der Waals surface area contributed by atoms with E-state index < -0.39 is 23.3 Å². The Morgan fingerprint density at radius 2 is 1.58 bits per heavy atom. The molecule has 2 rings (SSSR count). The number of hydrogen-bond acceptors (Lipinski definition) is 3. The first-order chi connectivity index (χ1) is 9.08. The van der Waals surface area contributed by atoms with Crippen LogP contribution in [0.4, 0.5) is 4.79 Å². The second kappa shape index (κ2) is 5.22. The second-order valence-electron chi connectivity index (χ2n) is 4.73. The molecule has 0 unspecified atom stereocenters. The maximum atomic E-state index is 12.1. The quantitative estimate of drug-likeness (QED) is 0.803. The highest BCUT2D eigenvalue weighted by atomic mass is 16.2. The summed E-state index contributed by atoms with van der Waals surface area (Å²) >= 11 is 0. The van der Waals surface area contributed by atoms with Gasteiger partial charge in [0.15, 0.2) is 0 Å². The molecule has 5 nitrogen and oxygen atoms in total. The van der Waals surface area contributed by atoms with Crippen molar-refractivity contribution >= 4 is 17.8 Å². The number of nitrogens with one attached hydrogen (secondary N) is 2. The van der Waals surface area contributed by atoms with E-state index >= 15 is 0 Å². The molecule has 0 bridgehead atoms. The van der Waals surface area contributed by atoms with Gasteiger partial charge in [-0.25, -0.2) is 4.79 Å². The van der Waals surface area contributed by atoms with Crippen LogP contribution in [-0.4, -0.2) is 17.8 Å². The van der Waals surface area contributed by atoms with Gasteiger partial charge >= 0.3 is 6.03 Å². The molecule has 5 heteroatoms. The van der Waals surface area contributed by atoms with E-state index in [4.69, 9.17) is 0 Å². The number of carbonyl (C=O) groups is 3. The van der Waals surface area contributed by atoms with Gasteiger partial charge in [-0.15, -0.1) is 0 Å². The first kappa shape index (κ1) is 13.3. The van der Waals surface area contributed by atoms with Crippen molar-refractivity contribution in [2.24, 2.45) is 5.41 Å². The van der Waals surface area contributed by atoms with Crippen molar-refractivity contribution in [3.05, 3.63) is 35.9 Å². The molecule has 0 saturated carbocycles. The van der Waals surface area contributed by atoms with E-state index in [0.29, 0.717) is 19.3 Å². The molecule has 1 aromatic rings. The standard InChI is InChI=1S/C14H16N2O3/c1-2-8-14(9-10-6-4-3-5-7-10)11(17)15-13(19)16-12(14)18/h3-7H,2,8-9H2,1H3,(H2,15,16,17,18,19). The van der Waals surface area contributed by atoms with Crippen LogP contribution in [0.2, 0.25) is 0 Å². The third-order valence-electron chi connectivity index (χ3n) is 3.35. The van der Waals surface area contributed by atoms with Crippen molar-refractivity contribution < 1.29 is 14.4 Å². The van der Waals surface area contributed by atoms with Crippen molar-refractivity contribution in [3.8, 4) is 0 Å². The van der Waals surface area contributed by atoms with E-state index in [1.807, 2.05) is 37.3 Å². The Hall–Kier alpha value is -2.17. The third kappa shape index (κ3) is 2.50. The van der Waals surface area contributed by atoms with Gasteiger partial charge < -0.3 is 0 Å². The summed E-state index contributed by atoms with van der Waals surface area (Å²) in [5.41, 5.74) is -0.292. The molecule has 1 saturated heterocycles. The first-order valence-electron chi connectivity index (χ1n) is 6.29. The minimum absolute atomic E-state index is 0.298. The maximum Gasteiger partial charge on any atom is 0.328 e. The molecule has 1 aliphatic heterocycles. The molecule has 1 aromatic carbocycles. The van der Waals surface area contributed by atoms with Crippen LogP contribution >= 0.6 is 0 Å². The lowest BCUT2D eigenvalue weighted by Gasteiger charge is -2.33. The Morgan fingerprint density at radius 3 is 2.11 bits per heavy atom. The minimum Gasteiger partial charge on any atom is -0.277 e. The first-order valence-corrected chi connectivity index (χ1v) is 6.29. The van der Waals surface area contributed by atoms with Gasteiger partial charge in [0.05, 0.1) is 0 Å². The number of benzene rings is 1.